The van der Waals surface area contributed by atoms with Crippen molar-refractivity contribution in [1.29, 1.82) is 0 Å². The van der Waals surface area contributed by atoms with E-state index in [2.05, 4.69) is 0 Å². The van der Waals surface area contributed by atoms with E-state index in [1.54, 1.807) is 24.3 Å². The van der Waals surface area contributed by atoms with Gasteiger partial charge in [0.15, 0.2) is 0 Å². The van der Waals surface area contributed by atoms with Gasteiger partial charge in [-0.2, -0.15) is 0 Å². The van der Waals surface area contributed by atoms with Gasteiger partial charge in [-0.3, -0.25) is 10.1 Å². The normalized spacial score (nSPS) is 11.5. The molecule has 1 aromatic carbocycles. The van der Waals surface area contributed by atoms with Crippen molar-refractivity contribution in [3.8, 4) is 0 Å². The van der Waals surface area contributed by atoms with E-state index >= 15 is 0 Å². The largest absolute Gasteiger partial charge is 0.392 e. The zero-order chi connectivity index (χ0) is 12.0. The van der Waals surface area contributed by atoms with E-state index < -0.39 is 4.92 Å². The molecule has 0 fully saturated rings. The Morgan fingerprint density at radius 3 is 2.75 bits per heavy atom. The molecule has 0 unspecified atom stereocenters. The lowest BCUT2D eigenvalue weighted by Crippen LogP contribution is -2.03. The van der Waals surface area contributed by atoms with Gasteiger partial charge in [-0.1, -0.05) is 35.9 Å². The van der Waals surface area contributed by atoms with Gasteiger partial charge in [-0.05, 0) is 17.2 Å². The van der Waals surface area contributed by atoms with Gasteiger partial charge in [-0.25, -0.2) is 0 Å². The number of hydrogen-bond donors (Lipinski definition) is 1. The van der Waals surface area contributed by atoms with Crippen molar-refractivity contribution < 1.29 is 10.0 Å². The Morgan fingerprint density at radius 1 is 1.50 bits per heavy atom. The zero-order valence-electron chi connectivity index (χ0n) is 8.60. The van der Waals surface area contributed by atoms with Gasteiger partial charge in [0.2, 0.25) is 6.54 Å². The first-order valence-corrected chi connectivity index (χ1v) is 5.18. The van der Waals surface area contributed by atoms with Crippen LogP contribution in [0.5, 0.6) is 0 Å². The van der Waals surface area contributed by atoms with E-state index in [-0.39, 0.29) is 19.6 Å². The first-order valence-electron chi connectivity index (χ1n) is 4.80. The van der Waals surface area contributed by atoms with Crippen LogP contribution in [0, 0.1) is 10.1 Å². The van der Waals surface area contributed by atoms with Crippen LogP contribution >= 0.6 is 11.6 Å². The molecule has 0 saturated carbocycles. The highest BCUT2D eigenvalue weighted by atomic mass is 35.5. The first kappa shape index (κ1) is 12.7. The number of halogens is 1. The van der Waals surface area contributed by atoms with Gasteiger partial charge in [0, 0.05) is 16.4 Å². The van der Waals surface area contributed by atoms with Crippen LogP contribution < -0.4 is 0 Å². The number of nitrogens with zero attached hydrogens (tertiary/aromatic N) is 1. The zero-order valence-corrected chi connectivity index (χ0v) is 9.35. The number of rotatable bonds is 5. The third-order valence-corrected chi connectivity index (χ3v) is 2.43. The number of aliphatic hydroxyl groups excluding tert-OH is 1. The molecule has 0 spiro atoms. The summed E-state index contributed by atoms with van der Waals surface area (Å²) in [5, 5.41) is 19.8. The summed E-state index contributed by atoms with van der Waals surface area (Å²) in [4.78, 5) is 9.80. The molecular weight excluding hydrogens is 230 g/mol. The van der Waals surface area contributed by atoms with Gasteiger partial charge in [0.1, 0.15) is 0 Å². The molecule has 4 nitrogen and oxygen atoms in total. The summed E-state index contributed by atoms with van der Waals surface area (Å²) in [6.45, 7) is -0.379. The molecule has 0 aliphatic heterocycles. The van der Waals surface area contributed by atoms with Gasteiger partial charge in [0.05, 0.1) is 6.61 Å². The van der Waals surface area contributed by atoms with Gasteiger partial charge < -0.3 is 5.11 Å². The summed E-state index contributed by atoms with van der Waals surface area (Å²) >= 11 is 5.93. The molecule has 16 heavy (non-hydrogen) atoms. The average Bonchev–Trinajstić information content (AvgIpc) is 2.26. The van der Waals surface area contributed by atoms with Crippen molar-refractivity contribution in [1.82, 2.24) is 0 Å². The van der Waals surface area contributed by atoms with Crippen LogP contribution in [0.2, 0.25) is 5.02 Å². The molecule has 0 aliphatic rings. The van der Waals surface area contributed by atoms with Crippen molar-refractivity contribution in [3.63, 3.8) is 0 Å². The Labute approximate surface area is 98.3 Å². The SMILES string of the molecule is O=[N+]([O-])CC/C(=C/c1ccccc1Cl)CO. The van der Waals surface area contributed by atoms with E-state index in [0.29, 0.717) is 10.6 Å². The van der Waals surface area contributed by atoms with E-state index in [9.17, 15) is 10.1 Å². The molecule has 0 aliphatic carbocycles. The van der Waals surface area contributed by atoms with E-state index in [0.717, 1.165) is 5.56 Å². The van der Waals surface area contributed by atoms with Crippen LogP contribution in [-0.4, -0.2) is 23.2 Å². The Hall–Kier alpha value is -1.39. The molecule has 1 aromatic rings. The quantitative estimate of drug-likeness (QED) is 0.636. The second-order valence-electron chi connectivity index (χ2n) is 3.29. The maximum atomic E-state index is 10.2. The molecule has 0 radical (unpaired) electrons. The van der Waals surface area contributed by atoms with Crippen molar-refractivity contribution in [2.45, 2.75) is 6.42 Å². The summed E-state index contributed by atoms with van der Waals surface area (Å²) in [6.07, 6.45) is 1.92. The van der Waals surface area contributed by atoms with E-state index in [4.69, 9.17) is 16.7 Å². The first-order chi connectivity index (χ1) is 7.63. The third kappa shape index (κ3) is 4.00. The second-order valence-corrected chi connectivity index (χ2v) is 3.70. The molecule has 0 amide bonds. The van der Waals surface area contributed by atoms with Crippen LogP contribution in [0.3, 0.4) is 0 Å². The number of hydrogen-bond acceptors (Lipinski definition) is 3. The van der Waals surface area contributed by atoms with Crippen molar-refractivity contribution in [2.24, 2.45) is 0 Å². The molecule has 0 aromatic heterocycles. The lowest BCUT2D eigenvalue weighted by molar-refractivity contribution is -0.479. The van der Waals surface area contributed by atoms with Crippen LogP contribution in [0.15, 0.2) is 29.8 Å². The van der Waals surface area contributed by atoms with Crippen molar-refractivity contribution in [2.75, 3.05) is 13.2 Å². The minimum absolute atomic E-state index is 0.184. The molecule has 0 heterocycles. The molecule has 1 N–H and O–H groups in total. The summed E-state index contributed by atoms with van der Waals surface area (Å²) in [6, 6.07) is 7.15. The predicted octanol–water partition coefficient (Wildman–Crippen LogP) is 2.38. The standard InChI is InChI=1S/C11H12ClNO3/c12-11-4-2-1-3-10(11)7-9(8-14)5-6-13(15)16/h1-4,7,14H,5-6,8H2/b9-7-. The molecule has 86 valence electrons. The van der Waals surface area contributed by atoms with Crippen molar-refractivity contribution >= 4 is 17.7 Å². The minimum atomic E-state index is -0.407. The molecule has 5 heteroatoms. The van der Waals surface area contributed by atoms with Crippen LogP contribution in [0.4, 0.5) is 0 Å². The highest BCUT2D eigenvalue weighted by Gasteiger charge is 2.03. The van der Waals surface area contributed by atoms with Gasteiger partial charge in [0.25, 0.3) is 0 Å². The Balaban J connectivity index is 2.79. The highest BCUT2D eigenvalue weighted by Crippen LogP contribution is 2.19. The lowest BCUT2D eigenvalue weighted by atomic mass is 10.1. The summed E-state index contributed by atoms with van der Waals surface area (Å²) < 4.78 is 0. The topological polar surface area (TPSA) is 63.4 Å². The minimum Gasteiger partial charge on any atom is -0.392 e. The fraction of sp³-hybridized carbons (Fsp3) is 0.273. The van der Waals surface area contributed by atoms with Crippen LogP contribution in [-0.2, 0) is 0 Å². The molecule has 0 saturated heterocycles. The fourth-order valence-corrected chi connectivity index (χ4v) is 1.43. The number of benzene rings is 1. The Bertz CT molecular complexity index is 404. The molecule has 1 rings (SSSR count). The van der Waals surface area contributed by atoms with E-state index in [1.165, 1.54) is 0 Å². The predicted molar refractivity (Wildman–Crippen MR) is 63.0 cm³/mol. The second kappa shape index (κ2) is 6.25. The van der Waals surface area contributed by atoms with E-state index in [1.807, 2.05) is 6.07 Å². The third-order valence-electron chi connectivity index (χ3n) is 2.08. The maximum Gasteiger partial charge on any atom is 0.207 e. The number of aliphatic hydroxyl groups is 1. The molecular formula is C11H12ClNO3. The average molecular weight is 242 g/mol. The summed E-state index contributed by atoms with van der Waals surface area (Å²) in [5.41, 5.74) is 1.36. The number of nitro groups is 1. The monoisotopic (exact) mass is 241 g/mol. The summed E-state index contributed by atoms with van der Waals surface area (Å²) in [7, 11) is 0. The molecule has 0 atom stereocenters. The van der Waals surface area contributed by atoms with Gasteiger partial charge in [-0.15, -0.1) is 0 Å². The molecule has 0 bridgehead atoms. The maximum absolute atomic E-state index is 10.2. The smallest absolute Gasteiger partial charge is 0.207 e. The van der Waals surface area contributed by atoms with Gasteiger partial charge >= 0.3 is 0 Å². The lowest BCUT2D eigenvalue weighted by Gasteiger charge is -2.02. The van der Waals surface area contributed by atoms with Crippen molar-refractivity contribution in [3.05, 3.63) is 50.5 Å². The Morgan fingerprint density at radius 2 is 2.19 bits per heavy atom. The van der Waals surface area contributed by atoms with Crippen LogP contribution in [0.25, 0.3) is 6.08 Å². The highest BCUT2D eigenvalue weighted by molar-refractivity contribution is 6.32. The van der Waals surface area contributed by atoms with Crippen LogP contribution in [0.1, 0.15) is 12.0 Å². The Kier molecular flexibility index (Phi) is 4.95. The summed E-state index contributed by atoms with van der Waals surface area (Å²) in [5.74, 6) is 0. The fourth-order valence-electron chi connectivity index (χ4n) is 1.24.